The SMILES string of the molecule is CCCCCCC[C@@H]1OC(=O)CC[C@@H](O)/C=C/[C@@H](O)[C@H]1O. The van der Waals surface area contributed by atoms with E-state index in [0.29, 0.717) is 6.42 Å². The quantitative estimate of drug-likeness (QED) is 0.395. The molecule has 21 heavy (non-hydrogen) atoms. The number of cyclic esters (lactones) is 1. The molecular formula is C16H28O5. The zero-order valence-electron chi connectivity index (χ0n) is 12.8. The van der Waals surface area contributed by atoms with Gasteiger partial charge < -0.3 is 20.1 Å². The molecule has 0 fully saturated rings. The molecule has 0 saturated heterocycles. The highest BCUT2D eigenvalue weighted by molar-refractivity contribution is 5.69. The fourth-order valence-corrected chi connectivity index (χ4v) is 2.41. The van der Waals surface area contributed by atoms with E-state index >= 15 is 0 Å². The van der Waals surface area contributed by atoms with Crippen molar-refractivity contribution in [2.24, 2.45) is 0 Å². The van der Waals surface area contributed by atoms with Crippen molar-refractivity contribution in [3.63, 3.8) is 0 Å². The Bertz CT molecular complexity index is 329. The van der Waals surface area contributed by atoms with Crippen LogP contribution >= 0.6 is 0 Å². The van der Waals surface area contributed by atoms with Gasteiger partial charge in [0.15, 0.2) is 0 Å². The lowest BCUT2D eigenvalue weighted by Gasteiger charge is -2.26. The second-order valence-corrected chi connectivity index (χ2v) is 5.70. The minimum atomic E-state index is -1.15. The molecule has 0 radical (unpaired) electrons. The highest BCUT2D eigenvalue weighted by Gasteiger charge is 2.29. The van der Waals surface area contributed by atoms with Crippen molar-refractivity contribution in [2.75, 3.05) is 0 Å². The number of hydrogen-bond acceptors (Lipinski definition) is 5. The molecule has 0 saturated carbocycles. The third-order valence-corrected chi connectivity index (χ3v) is 3.78. The van der Waals surface area contributed by atoms with Gasteiger partial charge >= 0.3 is 5.97 Å². The van der Waals surface area contributed by atoms with E-state index in [1.54, 1.807) is 0 Å². The molecule has 1 aliphatic heterocycles. The van der Waals surface area contributed by atoms with Crippen molar-refractivity contribution < 1.29 is 24.9 Å². The summed E-state index contributed by atoms with van der Waals surface area (Å²) in [4.78, 5) is 11.7. The smallest absolute Gasteiger partial charge is 0.306 e. The summed E-state index contributed by atoms with van der Waals surface area (Å²) in [6.07, 6.45) is 5.29. The summed E-state index contributed by atoms with van der Waals surface area (Å²) in [7, 11) is 0. The van der Waals surface area contributed by atoms with E-state index in [1.165, 1.54) is 18.6 Å². The van der Waals surface area contributed by atoms with Gasteiger partial charge in [-0.15, -0.1) is 0 Å². The zero-order valence-corrected chi connectivity index (χ0v) is 12.8. The summed E-state index contributed by atoms with van der Waals surface area (Å²) in [5, 5.41) is 29.5. The lowest BCUT2D eigenvalue weighted by molar-refractivity contribution is -0.160. The molecule has 0 aromatic rings. The van der Waals surface area contributed by atoms with Crippen LogP contribution < -0.4 is 0 Å². The van der Waals surface area contributed by atoms with Gasteiger partial charge in [-0.1, -0.05) is 44.8 Å². The molecule has 0 aromatic carbocycles. The standard InChI is InChI=1S/C16H28O5/c1-2-3-4-5-6-7-14-16(20)13(18)10-8-12(17)9-11-15(19)21-14/h8,10,12-14,16-18,20H,2-7,9,11H2,1H3/b10-8+/t12-,13+,14-,16+/m0/s1. The van der Waals surface area contributed by atoms with Gasteiger partial charge in [0.2, 0.25) is 0 Å². The maximum atomic E-state index is 11.7. The second kappa shape index (κ2) is 9.92. The van der Waals surface area contributed by atoms with Gasteiger partial charge in [-0.25, -0.2) is 0 Å². The first-order valence-electron chi connectivity index (χ1n) is 7.96. The van der Waals surface area contributed by atoms with E-state index in [2.05, 4.69) is 6.92 Å². The number of aliphatic hydroxyl groups is 3. The number of unbranched alkanes of at least 4 members (excludes halogenated alkanes) is 4. The van der Waals surface area contributed by atoms with E-state index in [1.807, 2.05) is 0 Å². The molecule has 5 nitrogen and oxygen atoms in total. The lowest BCUT2D eigenvalue weighted by atomic mass is 9.99. The molecule has 0 unspecified atom stereocenters. The molecule has 0 aliphatic carbocycles. The molecule has 1 heterocycles. The Kier molecular flexibility index (Phi) is 8.57. The number of rotatable bonds is 6. The van der Waals surface area contributed by atoms with E-state index < -0.39 is 30.4 Å². The third kappa shape index (κ3) is 7.07. The second-order valence-electron chi connectivity index (χ2n) is 5.70. The number of ether oxygens (including phenoxy) is 1. The molecule has 122 valence electrons. The van der Waals surface area contributed by atoms with Crippen molar-refractivity contribution in [3.05, 3.63) is 12.2 Å². The topological polar surface area (TPSA) is 87.0 Å². The first-order valence-corrected chi connectivity index (χ1v) is 7.96. The van der Waals surface area contributed by atoms with Crippen molar-refractivity contribution in [1.82, 2.24) is 0 Å². The summed E-state index contributed by atoms with van der Waals surface area (Å²) >= 11 is 0. The fourth-order valence-electron chi connectivity index (χ4n) is 2.41. The van der Waals surface area contributed by atoms with Crippen LogP contribution in [0.2, 0.25) is 0 Å². The predicted molar refractivity (Wildman–Crippen MR) is 79.7 cm³/mol. The Hall–Kier alpha value is -0.910. The van der Waals surface area contributed by atoms with Gasteiger partial charge in [0.05, 0.1) is 6.10 Å². The molecule has 1 rings (SSSR count). The van der Waals surface area contributed by atoms with E-state index in [0.717, 1.165) is 25.7 Å². The number of hydrogen-bond donors (Lipinski definition) is 3. The number of carbonyl (C=O) groups excluding carboxylic acids is 1. The van der Waals surface area contributed by atoms with Crippen molar-refractivity contribution in [3.8, 4) is 0 Å². The Balaban J connectivity index is 2.56. The average Bonchev–Trinajstić information content (AvgIpc) is 2.47. The number of aliphatic hydroxyl groups excluding tert-OH is 3. The van der Waals surface area contributed by atoms with E-state index in [4.69, 9.17) is 4.74 Å². The number of carbonyl (C=O) groups is 1. The molecule has 0 amide bonds. The molecule has 5 heteroatoms. The molecular weight excluding hydrogens is 272 g/mol. The summed E-state index contributed by atoms with van der Waals surface area (Å²) in [5.74, 6) is -0.436. The van der Waals surface area contributed by atoms with Crippen LogP contribution in [0.3, 0.4) is 0 Å². The van der Waals surface area contributed by atoms with Crippen LogP contribution in [0.25, 0.3) is 0 Å². The van der Waals surface area contributed by atoms with Gasteiger partial charge in [-0.3, -0.25) is 4.79 Å². The first kappa shape index (κ1) is 18.1. The summed E-state index contributed by atoms with van der Waals surface area (Å²) in [6, 6.07) is 0. The minimum Gasteiger partial charge on any atom is -0.459 e. The third-order valence-electron chi connectivity index (χ3n) is 3.78. The highest BCUT2D eigenvalue weighted by atomic mass is 16.6. The summed E-state index contributed by atoms with van der Waals surface area (Å²) < 4.78 is 5.27. The fraction of sp³-hybridized carbons (Fsp3) is 0.812. The van der Waals surface area contributed by atoms with E-state index in [9.17, 15) is 20.1 Å². The first-order chi connectivity index (χ1) is 10.0. The van der Waals surface area contributed by atoms with Crippen LogP contribution in [0.15, 0.2) is 12.2 Å². The maximum Gasteiger partial charge on any atom is 0.306 e. The molecule has 3 N–H and O–H groups in total. The van der Waals surface area contributed by atoms with Crippen LogP contribution in [0, 0.1) is 0 Å². The van der Waals surface area contributed by atoms with Gasteiger partial charge in [0, 0.05) is 6.42 Å². The van der Waals surface area contributed by atoms with Crippen LogP contribution in [-0.2, 0) is 9.53 Å². The largest absolute Gasteiger partial charge is 0.459 e. The Morgan fingerprint density at radius 2 is 1.86 bits per heavy atom. The summed E-state index contributed by atoms with van der Waals surface area (Å²) in [5.41, 5.74) is 0. The highest BCUT2D eigenvalue weighted by Crippen LogP contribution is 2.18. The predicted octanol–water partition coefficient (Wildman–Crippen LogP) is 1.69. The monoisotopic (exact) mass is 300 g/mol. The lowest BCUT2D eigenvalue weighted by Crippen LogP contribution is -2.40. The Labute approximate surface area is 126 Å². The number of esters is 1. The van der Waals surface area contributed by atoms with Crippen molar-refractivity contribution in [1.29, 1.82) is 0 Å². The average molecular weight is 300 g/mol. The van der Waals surface area contributed by atoms with Crippen molar-refractivity contribution in [2.45, 2.75) is 82.7 Å². The van der Waals surface area contributed by atoms with Crippen LogP contribution in [0.4, 0.5) is 0 Å². The van der Waals surface area contributed by atoms with E-state index in [-0.39, 0.29) is 12.8 Å². The van der Waals surface area contributed by atoms with Gasteiger partial charge in [0.25, 0.3) is 0 Å². The maximum absolute atomic E-state index is 11.7. The van der Waals surface area contributed by atoms with Crippen LogP contribution in [0.5, 0.6) is 0 Å². The Morgan fingerprint density at radius 3 is 2.57 bits per heavy atom. The van der Waals surface area contributed by atoms with Gasteiger partial charge in [0.1, 0.15) is 18.3 Å². The van der Waals surface area contributed by atoms with Crippen LogP contribution in [0.1, 0.15) is 58.3 Å². The van der Waals surface area contributed by atoms with Gasteiger partial charge in [-0.2, -0.15) is 0 Å². The van der Waals surface area contributed by atoms with Gasteiger partial charge in [-0.05, 0) is 19.3 Å². The molecule has 0 aromatic heterocycles. The molecule has 1 aliphatic rings. The molecule has 4 atom stereocenters. The van der Waals surface area contributed by atoms with Crippen molar-refractivity contribution >= 4 is 5.97 Å². The zero-order chi connectivity index (χ0) is 15.7. The molecule has 0 bridgehead atoms. The summed E-state index contributed by atoms with van der Waals surface area (Å²) in [6.45, 7) is 2.14. The molecule has 0 spiro atoms. The minimum absolute atomic E-state index is 0.112. The Morgan fingerprint density at radius 1 is 1.14 bits per heavy atom. The normalized spacial score (nSPS) is 32.5. The van der Waals surface area contributed by atoms with Crippen LogP contribution in [-0.4, -0.2) is 45.7 Å².